The van der Waals surface area contributed by atoms with Gasteiger partial charge in [-0.1, -0.05) is 18.2 Å². The summed E-state index contributed by atoms with van der Waals surface area (Å²) in [5.74, 6) is 1.11. The van der Waals surface area contributed by atoms with E-state index in [1.54, 1.807) is 0 Å². The Morgan fingerprint density at radius 3 is 2.52 bits per heavy atom. The first-order chi connectivity index (χ1) is 15.9. The van der Waals surface area contributed by atoms with E-state index in [0.717, 1.165) is 73.8 Å². The van der Waals surface area contributed by atoms with E-state index in [1.807, 2.05) is 45.2 Å². The number of rotatable bonds is 4. The minimum absolute atomic E-state index is 0.0437. The summed E-state index contributed by atoms with van der Waals surface area (Å²) in [4.78, 5) is 31.7. The van der Waals surface area contributed by atoms with Crippen molar-refractivity contribution in [2.45, 2.75) is 65.3 Å². The van der Waals surface area contributed by atoms with Crippen LogP contribution in [0.5, 0.6) is 0 Å². The monoisotopic (exact) mass is 447 g/mol. The van der Waals surface area contributed by atoms with Gasteiger partial charge in [-0.3, -0.25) is 9.79 Å². The number of piperidine rings is 2. The summed E-state index contributed by atoms with van der Waals surface area (Å²) in [6.45, 7) is 9.13. The molecule has 1 spiro atoms. The predicted molar refractivity (Wildman–Crippen MR) is 128 cm³/mol. The molecule has 4 heterocycles. The van der Waals surface area contributed by atoms with Crippen molar-refractivity contribution >= 4 is 18.1 Å². The number of ether oxygens (including phenoxy) is 1. The van der Waals surface area contributed by atoms with E-state index in [4.69, 9.17) is 4.74 Å². The van der Waals surface area contributed by atoms with Crippen LogP contribution in [0, 0.1) is 19.3 Å². The molecule has 2 saturated heterocycles. The van der Waals surface area contributed by atoms with Crippen LogP contribution in [-0.4, -0.2) is 52.7 Å². The van der Waals surface area contributed by atoms with E-state index in [0.29, 0.717) is 12.5 Å². The summed E-state index contributed by atoms with van der Waals surface area (Å²) in [7, 11) is 0. The van der Waals surface area contributed by atoms with Crippen LogP contribution in [0.3, 0.4) is 0 Å². The first kappa shape index (κ1) is 22.0. The summed E-state index contributed by atoms with van der Waals surface area (Å²) in [6, 6.07) is 10.3. The van der Waals surface area contributed by atoms with Crippen molar-refractivity contribution in [3.8, 4) is 0 Å². The van der Waals surface area contributed by atoms with Crippen molar-refractivity contribution in [3.05, 3.63) is 52.8 Å². The number of aromatic nitrogens is 2. The highest BCUT2D eigenvalue weighted by atomic mass is 16.5. The van der Waals surface area contributed by atoms with Gasteiger partial charge >= 0.3 is 0 Å². The molecule has 2 atom stereocenters. The quantitative estimate of drug-likeness (QED) is 0.709. The lowest BCUT2D eigenvalue weighted by Gasteiger charge is -2.46. The Labute approximate surface area is 195 Å². The fourth-order valence-electron chi connectivity index (χ4n) is 5.45. The number of likely N-dealkylation sites (tertiary alicyclic amines) is 1. The number of aryl methyl sites for hydroxylation is 2. The lowest BCUT2D eigenvalue weighted by molar-refractivity contribution is -0.148. The second-order valence-electron chi connectivity index (χ2n) is 9.79. The van der Waals surface area contributed by atoms with Gasteiger partial charge in [0.15, 0.2) is 6.23 Å². The first-order valence-corrected chi connectivity index (χ1v) is 12.1. The second-order valence-corrected chi connectivity index (χ2v) is 9.79. The van der Waals surface area contributed by atoms with E-state index in [-0.39, 0.29) is 17.7 Å². The topological polar surface area (TPSA) is 70.9 Å². The van der Waals surface area contributed by atoms with Gasteiger partial charge in [0, 0.05) is 49.3 Å². The molecule has 0 bridgehead atoms. The average Bonchev–Trinajstić information content (AvgIpc) is 3.23. The molecule has 0 N–H and O–H groups in total. The lowest BCUT2D eigenvalue weighted by Crippen LogP contribution is -2.53. The van der Waals surface area contributed by atoms with Crippen LogP contribution < -0.4 is 4.90 Å². The molecule has 2 unspecified atom stereocenters. The second kappa shape index (κ2) is 8.86. The number of nitrogens with zero attached hydrogens (tertiary/aromatic N) is 5. The number of benzene rings is 1. The largest absolute Gasteiger partial charge is 0.344 e. The number of carbonyl (C=O) groups is 1. The average molecular weight is 448 g/mol. The van der Waals surface area contributed by atoms with Crippen LogP contribution in [0.25, 0.3) is 0 Å². The Balaban J connectivity index is 1.26. The van der Waals surface area contributed by atoms with Gasteiger partial charge in [0.1, 0.15) is 0 Å². The van der Waals surface area contributed by atoms with Crippen LogP contribution in [0.4, 0.5) is 5.95 Å². The van der Waals surface area contributed by atoms with Gasteiger partial charge < -0.3 is 14.5 Å². The Morgan fingerprint density at radius 1 is 1.06 bits per heavy atom. The van der Waals surface area contributed by atoms with Crippen LogP contribution in [0.2, 0.25) is 0 Å². The van der Waals surface area contributed by atoms with E-state index in [2.05, 4.69) is 36.9 Å². The molecular weight excluding hydrogens is 414 g/mol. The summed E-state index contributed by atoms with van der Waals surface area (Å²) in [5, 5.41) is 0. The number of hydrogen-bond donors (Lipinski definition) is 0. The minimum Gasteiger partial charge on any atom is -0.344 e. The Kier molecular flexibility index (Phi) is 5.91. The SMILES string of the molecule is Cc1cc(C)nc(N2CCC3(CCCN(Cc4cccc(C5N=CC(C)O5)c4)C3=O)CC2)n1. The molecule has 7 nitrogen and oxygen atoms in total. The summed E-state index contributed by atoms with van der Waals surface area (Å²) >= 11 is 0. The van der Waals surface area contributed by atoms with Crippen molar-refractivity contribution in [3.63, 3.8) is 0 Å². The molecule has 2 fully saturated rings. The zero-order valence-electron chi connectivity index (χ0n) is 19.8. The molecule has 1 aromatic carbocycles. The molecule has 2 aromatic rings. The molecular formula is C26H33N5O2. The van der Waals surface area contributed by atoms with Gasteiger partial charge in [0.2, 0.25) is 11.9 Å². The maximum Gasteiger partial charge on any atom is 0.229 e. The molecule has 3 aliphatic heterocycles. The molecule has 0 saturated carbocycles. The summed E-state index contributed by atoms with van der Waals surface area (Å²) in [5.41, 5.74) is 3.91. The number of carbonyl (C=O) groups excluding carboxylic acids is 1. The Hall–Kier alpha value is -2.80. The first-order valence-electron chi connectivity index (χ1n) is 12.1. The van der Waals surface area contributed by atoms with Crippen LogP contribution in [0.15, 0.2) is 35.3 Å². The smallest absolute Gasteiger partial charge is 0.229 e. The molecule has 1 aromatic heterocycles. The van der Waals surface area contributed by atoms with Gasteiger partial charge in [-0.05, 0) is 64.2 Å². The fourth-order valence-corrected chi connectivity index (χ4v) is 5.45. The molecule has 0 aliphatic carbocycles. The molecule has 174 valence electrons. The summed E-state index contributed by atoms with van der Waals surface area (Å²) in [6.07, 6.45) is 5.42. The number of aliphatic imine (C=N–C) groups is 1. The zero-order chi connectivity index (χ0) is 23.0. The lowest BCUT2D eigenvalue weighted by atomic mass is 9.71. The Bertz CT molecular complexity index is 1040. The standard InChI is InChI=1S/C26H33N5O2/c1-18-14-19(2)29-25(28-18)30-12-9-26(10-13-30)8-5-11-31(24(26)32)17-21-6-4-7-22(15-21)23-27-16-20(3)33-23/h4,6-7,14-16,20,23H,5,8-13,17H2,1-3H3. The molecule has 7 heteroatoms. The third-order valence-corrected chi connectivity index (χ3v) is 7.18. The van der Waals surface area contributed by atoms with Crippen molar-refractivity contribution in [1.29, 1.82) is 0 Å². The number of amides is 1. The third kappa shape index (κ3) is 4.51. The number of anilines is 1. The fraction of sp³-hybridized carbons (Fsp3) is 0.538. The Morgan fingerprint density at radius 2 is 1.82 bits per heavy atom. The van der Waals surface area contributed by atoms with Gasteiger partial charge in [-0.2, -0.15) is 0 Å². The predicted octanol–water partition coefficient (Wildman–Crippen LogP) is 3.99. The maximum atomic E-state index is 13.7. The van der Waals surface area contributed by atoms with Crippen molar-refractivity contribution < 1.29 is 9.53 Å². The van der Waals surface area contributed by atoms with Crippen molar-refractivity contribution in [2.24, 2.45) is 10.4 Å². The number of hydrogen-bond acceptors (Lipinski definition) is 6. The third-order valence-electron chi connectivity index (χ3n) is 7.18. The van der Waals surface area contributed by atoms with Crippen LogP contribution >= 0.6 is 0 Å². The van der Waals surface area contributed by atoms with E-state index < -0.39 is 0 Å². The highest BCUT2D eigenvalue weighted by molar-refractivity contribution is 5.84. The highest BCUT2D eigenvalue weighted by Gasteiger charge is 2.46. The molecule has 1 amide bonds. The molecule has 3 aliphatic rings. The molecule has 0 radical (unpaired) electrons. The van der Waals surface area contributed by atoms with Crippen LogP contribution in [0.1, 0.15) is 61.3 Å². The van der Waals surface area contributed by atoms with Crippen LogP contribution in [-0.2, 0) is 16.1 Å². The zero-order valence-corrected chi connectivity index (χ0v) is 19.8. The van der Waals surface area contributed by atoms with Crippen molar-refractivity contribution in [1.82, 2.24) is 14.9 Å². The van der Waals surface area contributed by atoms with Gasteiger partial charge in [-0.15, -0.1) is 0 Å². The van der Waals surface area contributed by atoms with Crippen molar-refractivity contribution in [2.75, 3.05) is 24.5 Å². The van der Waals surface area contributed by atoms with Gasteiger partial charge in [0.05, 0.1) is 11.5 Å². The summed E-state index contributed by atoms with van der Waals surface area (Å²) < 4.78 is 5.85. The molecule has 5 rings (SSSR count). The van der Waals surface area contributed by atoms with Gasteiger partial charge in [-0.25, -0.2) is 9.97 Å². The van der Waals surface area contributed by atoms with E-state index in [9.17, 15) is 4.79 Å². The highest BCUT2D eigenvalue weighted by Crippen LogP contribution is 2.42. The molecule has 33 heavy (non-hydrogen) atoms. The normalized spacial score (nSPS) is 24.6. The van der Waals surface area contributed by atoms with Gasteiger partial charge in [0.25, 0.3) is 0 Å². The maximum absolute atomic E-state index is 13.7. The van der Waals surface area contributed by atoms with E-state index in [1.165, 1.54) is 0 Å². The minimum atomic E-state index is -0.250. The van der Waals surface area contributed by atoms with E-state index >= 15 is 0 Å².